The zero-order chi connectivity index (χ0) is 21.4. The van der Waals surface area contributed by atoms with E-state index in [1.54, 1.807) is 47.7 Å². The Balaban J connectivity index is 1.47. The van der Waals surface area contributed by atoms with Crippen LogP contribution in [0.4, 0.5) is 11.4 Å². The summed E-state index contributed by atoms with van der Waals surface area (Å²) in [6, 6.07) is 19.4. The Labute approximate surface area is 179 Å². The molecule has 7 heteroatoms. The highest BCUT2D eigenvalue weighted by molar-refractivity contribution is 6.23. The third-order valence-electron chi connectivity index (χ3n) is 5.53. The lowest BCUT2D eigenvalue weighted by Crippen LogP contribution is -2.37. The summed E-state index contributed by atoms with van der Waals surface area (Å²) < 4.78 is 11.2. The molecule has 2 aromatic carbocycles. The first-order valence-corrected chi connectivity index (χ1v) is 10.3. The maximum Gasteiger partial charge on any atom is 0.266 e. The second-order valence-corrected chi connectivity index (χ2v) is 7.53. The molecule has 3 heterocycles. The van der Waals surface area contributed by atoms with Crippen molar-refractivity contribution in [2.75, 3.05) is 16.6 Å². The number of furan rings is 1. The minimum Gasteiger partial charge on any atom is -0.494 e. The Hall–Kier alpha value is -3.58. The molecule has 0 spiro atoms. The van der Waals surface area contributed by atoms with Crippen molar-refractivity contribution in [2.45, 2.75) is 25.5 Å². The fourth-order valence-electron chi connectivity index (χ4n) is 4.13. The van der Waals surface area contributed by atoms with Gasteiger partial charge in [-0.15, -0.1) is 0 Å². The maximum absolute atomic E-state index is 13.5. The number of fused-ring (bicyclic) bond motifs is 1. The lowest BCUT2D eigenvalue weighted by atomic mass is 9.94. The molecule has 0 unspecified atom stereocenters. The summed E-state index contributed by atoms with van der Waals surface area (Å²) in [4.78, 5) is 34.0. The number of imide groups is 1. The number of amides is 2. The van der Waals surface area contributed by atoms with E-state index in [4.69, 9.17) is 14.0 Å². The van der Waals surface area contributed by atoms with Crippen molar-refractivity contribution in [3.8, 4) is 5.75 Å². The molecule has 0 N–H and O–H groups in total. The molecule has 3 aromatic rings. The van der Waals surface area contributed by atoms with Crippen molar-refractivity contribution in [1.29, 1.82) is 0 Å². The quantitative estimate of drug-likeness (QED) is 0.561. The summed E-state index contributed by atoms with van der Waals surface area (Å²) in [7, 11) is 0. The molecule has 2 fully saturated rings. The molecule has 5 rings (SSSR count). The predicted molar refractivity (Wildman–Crippen MR) is 113 cm³/mol. The largest absolute Gasteiger partial charge is 0.494 e. The molecule has 0 bridgehead atoms. The van der Waals surface area contributed by atoms with Crippen LogP contribution in [0.3, 0.4) is 0 Å². The fraction of sp³-hybridized carbons (Fsp3) is 0.250. The SMILES string of the molecule is CCCOc1ccc(N2C(=O)[C@H]3[C@H](ON(c4ccccc4)[C@H]3c3ccco3)C2=O)cc1. The summed E-state index contributed by atoms with van der Waals surface area (Å²) in [5.41, 5.74) is 1.25. The first kappa shape index (κ1) is 19.4. The lowest BCUT2D eigenvalue weighted by Gasteiger charge is -2.27. The molecule has 2 aliphatic heterocycles. The Bertz CT molecular complexity index is 1070. The first-order chi connectivity index (χ1) is 15.2. The number of rotatable bonds is 6. The van der Waals surface area contributed by atoms with E-state index in [0.717, 1.165) is 12.1 Å². The number of carbonyl (C=O) groups excluding carboxylic acids is 2. The Morgan fingerprint density at radius 3 is 2.35 bits per heavy atom. The third kappa shape index (κ3) is 3.27. The third-order valence-corrected chi connectivity index (χ3v) is 5.53. The highest BCUT2D eigenvalue weighted by Crippen LogP contribution is 2.47. The highest BCUT2D eigenvalue weighted by Gasteiger charge is 2.61. The molecule has 0 saturated carbocycles. The number of anilines is 2. The number of hydrogen-bond acceptors (Lipinski definition) is 6. The van der Waals surface area contributed by atoms with Crippen LogP contribution in [0, 0.1) is 5.92 Å². The van der Waals surface area contributed by atoms with Crippen LogP contribution in [0.25, 0.3) is 0 Å². The van der Waals surface area contributed by atoms with Gasteiger partial charge < -0.3 is 9.15 Å². The number of carbonyl (C=O) groups is 2. The van der Waals surface area contributed by atoms with Gasteiger partial charge in [-0.2, -0.15) is 0 Å². The molecule has 0 aliphatic carbocycles. The van der Waals surface area contributed by atoms with Crippen molar-refractivity contribution in [3.05, 3.63) is 78.8 Å². The van der Waals surface area contributed by atoms with Crippen LogP contribution in [0.1, 0.15) is 25.1 Å². The molecule has 0 radical (unpaired) electrons. The van der Waals surface area contributed by atoms with E-state index >= 15 is 0 Å². The molecule has 2 saturated heterocycles. The standard InChI is InChI=1S/C24H22N2O5/c1-2-14-29-18-12-10-16(11-13-18)25-23(27)20-21(19-9-6-15-30-19)26(31-22(20)24(25)28)17-7-4-3-5-8-17/h3-13,15,20-22H,2,14H2,1H3/t20-,21+,22+/m1/s1. The van der Waals surface area contributed by atoms with Gasteiger partial charge in [0.25, 0.3) is 5.91 Å². The molecule has 7 nitrogen and oxygen atoms in total. The van der Waals surface area contributed by atoms with Crippen molar-refractivity contribution in [1.82, 2.24) is 0 Å². The average molecular weight is 418 g/mol. The van der Waals surface area contributed by atoms with Crippen LogP contribution >= 0.6 is 0 Å². The first-order valence-electron chi connectivity index (χ1n) is 10.3. The summed E-state index contributed by atoms with van der Waals surface area (Å²) in [5.74, 6) is -0.133. The van der Waals surface area contributed by atoms with Crippen LogP contribution < -0.4 is 14.7 Å². The van der Waals surface area contributed by atoms with Crippen molar-refractivity contribution in [3.63, 3.8) is 0 Å². The fourth-order valence-corrected chi connectivity index (χ4v) is 4.13. The van der Waals surface area contributed by atoms with E-state index in [1.165, 1.54) is 4.90 Å². The number of benzene rings is 2. The topological polar surface area (TPSA) is 72.2 Å². The Kier molecular flexibility index (Phi) is 4.95. The van der Waals surface area contributed by atoms with Crippen LogP contribution in [0.5, 0.6) is 5.75 Å². The maximum atomic E-state index is 13.5. The molecule has 2 aliphatic rings. The molecular weight excluding hydrogens is 396 g/mol. The summed E-state index contributed by atoms with van der Waals surface area (Å²) in [6.07, 6.45) is 1.54. The minimum absolute atomic E-state index is 0.308. The number of ether oxygens (including phenoxy) is 1. The van der Waals surface area contributed by atoms with E-state index in [0.29, 0.717) is 23.8 Å². The zero-order valence-electron chi connectivity index (χ0n) is 17.0. The van der Waals surface area contributed by atoms with Crippen LogP contribution in [-0.4, -0.2) is 24.5 Å². The number of hydrogen-bond donors (Lipinski definition) is 0. The Morgan fingerprint density at radius 2 is 1.68 bits per heavy atom. The minimum atomic E-state index is -0.918. The van der Waals surface area contributed by atoms with Crippen molar-refractivity contribution >= 4 is 23.2 Å². The normalized spacial score (nSPS) is 22.8. The van der Waals surface area contributed by atoms with E-state index in [2.05, 4.69) is 0 Å². The predicted octanol–water partition coefficient (Wildman–Crippen LogP) is 4.12. The number of hydroxylamine groups is 1. The Morgan fingerprint density at radius 1 is 0.903 bits per heavy atom. The van der Waals surface area contributed by atoms with Crippen LogP contribution in [-0.2, 0) is 14.4 Å². The van der Waals surface area contributed by atoms with E-state index in [9.17, 15) is 9.59 Å². The smallest absolute Gasteiger partial charge is 0.266 e. The van der Waals surface area contributed by atoms with Gasteiger partial charge in [0.15, 0.2) is 6.10 Å². The van der Waals surface area contributed by atoms with E-state index in [-0.39, 0.29) is 11.8 Å². The van der Waals surface area contributed by atoms with Gasteiger partial charge in [-0.1, -0.05) is 25.1 Å². The molecule has 1 aromatic heterocycles. The number of nitrogens with zero attached hydrogens (tertiary/aromatic N) is 2. The summed E-state index contributed by atoms with van der Waals surface area (Å²) in [6.45, 7) is 2.64. The zero-order valence-corrected chi connectivity index (χ0v) is 17.0. The van der Waals surface area contributed by atoms with Gasteiger partial charge in [0, 0.05) is 0 Å². The lowest BCUT2D eigenvalue weighted by molar-refractivity contribution is -0.126. The molecule has 3 atom stereocenters. The van der Waals surface area contributed by atoms with E-state index in [1.807, 2.05) is 37.3 Å². The molecule has 31 heavy (non-hydrogen) atoms. The molecule has 2 amide bonds. The van der Waals surface area contributed by atoms with E-state index < -0.39 is 18.1 Å². The highest BCUT2D eigenvalue weighted by atomic mass is 16.7. The average Bonchev–Trinajstić information content (AvgIpc) is 3.51. The second kappa shape index (κ2) is 7.92. The van der Waals surface area contributed by atoms with Gasteiger partial charge in [-0.25, -0.2) is 9.96 Å². The van der Waals surface area contributed by atoms with Crippen molar-refractivity contribution < 1.29 is 23.6 Å². The monoisotopic (exact) mass is 418 g/mol. The molecule has 158 valence electrons. The second-order valence-electron chi connectivity index (χ2n) is 7.53. The van der Waals surface area contributed by atoms with Gasteiger partial charge in [-0.05, 0) is 55.0 Å². The van der Waals surface area contributed by atoms with Crippen LogP contribution in [0.2, 0.25) is 0 Å². The van der Waals surface area contributed by atoms with Gasteiger partial charge in [0.1, 0.15) is 23.5 Å². The molecular formula is C24H22N2O5. The van der Waals surface area contributed by atoms with Gasteiger partial charge >= 0.3 is 0 Å². The summed E-state index contributed by atoms with van der Waals surface area (Å²) >= 11 is 0. The van der Waals surface area contributed by atoms with Crippen molar-refractivity contribution in [2.24, 2.45) is 5.92 Å². The van der Waals surface area contributed by atoms with Crippen LogP contribution in [0.15, 0.2) is 77.4 Å². The number of para-hydroxylation sites is 1. The van der Waals surface area contributed by atoms with Gasteiger partial charge in [0.05, 0.1) is 24.2 Å². The van der Waals surface area contributed by atoms with Gasteiger partial charge in [-0.3, -0.25) is 14.4 Å². The van der Waals surface area contributed by atoms with Gasteiger partial charge in [0.2, 0.25) is 5.91 Å². The summed E-state index contributed by atoms with van der Waals surface area (Å²) in [5, 5.41) is 1.61.